The standard InChI is InChI=1S/C27H37NO6S2/c1-10-13-28(16-24(30)33-9)36(31,32)25-19(3)15-23(35-25)27(7,8)20-11-12-21(18(2)14-20)34-17-22(29)26(4,5)6/h10-12,14-15H,1,13,16-17H2,2-9H3. The highest BCUT2D eigenvalue weighted by Gasteiger charge is 2.33. The summed E-state index contributed by atoms with van der Waals surface area (Å²) < 4.78 is 38.5. The number of carbonyl (C=O) groups is 2. The number of benzene rings is 1. The summed E-state index contributed by atoms with van der Waals surface area (Å²) in [5.41, 5.74) is 1.51. The number of ketones is 1. The van der Waals surface area contributed by atoms with Gasteiger partial charge in [0, 0.05) is 22.3 Å². The zero-order valence-electron chi connectivity index (χ0n) is 22.4. The lowest BCUT2D eigenvalue weighted by atomic mass is 9.82. The Balaban J connectivity index is 2.37. The Morgan fingerprint density at radius 3 is 2.25 bits per heavy atom. The monoisotopic (exact) mass is 535 g/mol. The van der Waals surface area contributed by atoms with Crippen molar-refractivity contribution in [3.8, 4) is 5.75 Å². The van der Waals surface area contributed by atoms with E-state index in [4.69, 9.17) is 4.74 Å². The van der Waals surface area contributed by atoms with E-state index in [9.17, 15) is 18.0 Å². The number of carbonyl (C=O) groups excluding carboxylic acids is 2. The van der Waals surface area contributed by atoms with Crippen molar-refractivity contribution in [2.24, 2.45) is 5.41 Å². The molecular weight excluding hydrogens is 498 g/mol. The highest BCUT2D eigenvalue weighted by molar-refractivity contribution is 7.91. The van der Waals surface area contributed by atoms with E-state index in [-0.39, 0.29) is 29.7 Å². The molecule has 0 saturated carbocycles. The van der Waals surface area contributed by atoms with E-state index in [1.54, 1.807) is 6.92 Å². The highest BCUT2D eigenvalue weighted by atomic mass is 32.2. The van der Waals surface area contributed by atoms with Gasteiger partial charge >= 0.3 is 5.97 Å². The van der Waals surface area contributed by atoms with Crippen LogP contribution >= 0.6 is 11.3 Å². The van der Waals surface area contributed by atoms with Crippen LogP contribution in [-0.4, -0.2) is 51.3 Å². The van der Waals surface area contributed by atoms with Crippen LogP contribution in [0.2, 0.25) is 0 Å². The molecule has 2 aromatic rings. The third kappa shape index (κ3) is 6.63. The zero-order chi connectivity index (χ0) is 27.5. The fourth-order valence-electron chi connectivity index (χ4n) is 3.45. The number of hydrogen-bond acceptors (Lipinski definition) is 7. The molecule has 9 heteroatoms. The average molecular weight is 536 g/mol. The van der Waals surface area contributed by atoms with Crippen molar-refractivity contribution in [3.63, 3.8) is 0 Å². The molecule has 1 aromatic heterocycles. The van der Waals surface area contributed by atoms with Crippen molar-refractivity contribution >= 4 is 33.1 Å². The summed E-state index contributed by atoms with van der Waals surface area (Å²) in [4.78, 5) is 24.9. The van der Waals surface area contributed by atoms with Crippen LogP contribution in [0.25, 0.3) is 0 Å². The number of sulfonamides is 1. The van der Waals surface area contributed by atoms with Crippen molar-refractivity contribution in [2.75, 3.05) is 26.8 Å². The second kappa shape index (κ2) is 11.3. The van der Waals surface area contributed by atoms with E-state index in [1.165, 1.54) is 24.5 Å². The molecule has 7 nitrogen and oxygen atoms in total. The lowest BCUT2D eigenvalue weighted by Crippen LogP contribution is -2.36. The Labute approximate surface area is 219 Å². The van der Waals surface area contributed by atoms with Crippen LogP contribution in [0.5, 0.6) is 5.75 Å². The van der Waals surface area contributed by atoms with Gasteiger partial charge in [-0.1, -0.05) is 52.8 Å². The predicted octanol–water partition coefficient (Wildman–Crippen LogP) is 5.03. The second-order valence-corrected chi connectivity index (χ2v) is 13.5. The van der Waals surface area contributed by atoms with E-state index in [0.29, 0.717) is 11.3 Å². The van der Waals surface area contributed by atoms with E-state index in [0.717, 1.165) is 20.3 Å². The normalized spacial score (nSPS) is 12.5. The lowest BCUT2D eigenvalue weighted by molar-refractivity contribution is -0.140. The van der Waals surface area contributed by atoms with Gasteiger partial charge in [-0.05, 0) is 42.7 Å². The van der Waals surface area contributed by atoms with Crippen LogP contribution in [0, 0.1) is 19.3 Å². The summed E-state index contributed by atoms with van der Waals surface area (Å²) in [5.74, 6) is 0.0182. The first kappa shape index (κ1) is 29.7. The van der Waals surface area contributed by atoms with Gasteiger partial charge in [-0.2, -0.15) is 4.31 Å². The van der Waals surface area contributed by atoms with E-state index in [1.807, 2.05) is 65.8 Å². The summed E-state index contributed by atoms with van der Waals surface area (Å²) in [6.45, 7) is 16.5. The number of esters is 1. The Morgan fingerprint density at radius 2 is 1.72 bits per heavy atom. The van der Waals surface area contributed by atoms with Gasteiger partial charge in [0.2, 0.25) is 0 Å². The molecule has 0 saturated heterocycles. The number of thiophene rings is 1. The first-order valence-corrected chi connectivity index (χ1v) is 13.9. The molecule has 1 aromatic carbocycles. The molecule has 0 N–H and O–H groups in total. The summed E-state index contributed by atoms with van der Waals surface area (Å²) in [6, 6.07) is 7.67. The van der Waals surface area contributed by atoms with Gasteiger partial charge in [-0.25, -0.2) is 8.42 Å². The van der Waals surface area contributed by atoms with Gasteiger partial charge in [0.25, 0.3) is 10.0 Å². The molecule has 1 heterocycles. The fourth-order valence-corrected chi connectivity index (χ4v) is 6.76. The molecule has 198 valence electrons. The predicted molar refractivity (Wildman–Crippen MR) is 143 cm³/mol. The highest BCUT2D eigenvalue weighted by Crippen LogP contribution is 2.41. The van der Waals surface area contributed by atoms with Crippen LogP contribution in [0.4, 0.5) is 0 Å². The van der Waals surface area contributed by atoms with Crippen molar-refractivity contribution < 1.29 is 27.5 Å². The molecule has 0 atom stereocenters. The minimum absolute atomic E-state index is 0.00516. The first-order chi connectivity index (χ1) is 16.5. The van der Waals surface area contributed by atoms with Crippen LogP contribution in [0.3, 0.4) is 0 Å². The van der Waals surface area contributed by atoms with Crippen LogP contribution in [0.15, 0.2) is 41.1 Å². The average Bonchev–Trinajstić information content (AvgIpc) is 3.20. The van der Waals surface area contributed by atoms with Gasteiger partial charge < -0.3 is 9.47 Å². The SMILES string of the molecule is C=CCN(CC(=O)OC)S(=O)(=O)c1sc(C(C)(C)c2ccc(OCC(=O)C(C)(C)C)c(C)c2)cc1C. The molecular formula is C27H37NO6S2. The minimum Gasteiger partial charge on any atom is -0.486 e. The number of rotatable bonds is 11. The number of methoxy groups -OCH3 is 1. The van der Waals surface area contributed by atoms with E-state index < -0.39 is 26.8 Å². The molecule has 0 unspecified atom stereocenters. The number of ether oxygens (including phenoxy) is 2. The molecule has 0 bridgehead atoms. The van der Waals surface area contributed by atoms with Crippen LogP contribution in [0.1, 0.15) is 56.2 Å². The Bertz CT molecular complexity index is 1240. The summed E-state index contributed by atoms with van der Waals surface area (Å²) in [7, 11) is -2.71. The van der Waals surface area contributed by atoms with Crippen molar-refractivity contribution in [1.82, 2.24) is 4.31 Å². The molecule has 36 heavy (non-hydrogen) atoms. The maximum atomic E-state index is 13.4. The summed E-state index contributed by atoms with van der Waals surface area (Å²) in [5, 5.41) is 0. The Hall–Kier alpha value is -2.49. The molecule has 0 aliphatic heterocycles. The molecule has 0 amide bonds. The third-order valence-corrected chi connectivity index (χ3v) is 10.0. The molecule has 2 rings (SSSR count). The van der Waals surface area contributed by atoms with Crippen LogP contribution < -0.4 is 4.74 Å². The summed E-state index contributed by atoms with van der Waals surface area (Å²) >= 11 is 1.19. The topological polar surface area (TPSA) is 90.0 Å². The Kier molecular flexibility index (Phi) is 9.31. The first-order valence-electron chi connectivity index (χ1n) is 11.6. The zero-order valence-corrected chi connectivity index (χ0v) is 24.1. The van der Waals surface area contributed by atoms with Gasteiger partial charge in [0.1, 0.15) is 23.1 Å². The molecule has 0 aliphatic carbocycles. The number of hydrogen-bond donors (Lipinski definition) is 0. The minimum atomic E-state index is -3.94. The van der Waals surface area contributed by atoms with Crippen molar-refractivity contribution in [3.05, 3.63) is 58.5 Å². The quantitative estimate of drug-likeness (QED) is 0.296. The third-order valence-electron chi connectivity index (χ3n) is 6.02. The maximum Gasteiger partial charge on any atom is 0.321 e. The lowest BCUT2D eigenvalue weighted by Gasteiger charge is -2.25. The number of aryl methyl sites for hydroxylation is 2. The molecule has 0 fully saturated rings. The van der Waals surface area contributed by atoms with E-state index >= 15 is 0 Å². The van der Waals surface area contributed by atoms with Gasteiger partial charge in [-0.3, -0.25) is 9.59 Å². The van der Waals surface area contributed by atoms with E-state index in [2.05, 4.69) is 11.3 Å². The van der Waals surface area contributed by atoms with Crippen molar-refractivity contribution in [2.45, 2.75) is 58.1 Å². The fraction of sp³-hybridized carbons (Fsp3) is 0.481. The van der Waals surface area contributed by atoms with Crippen molar-refractivity contribution in [1.29, 1.82) is 0 Å². The molecule has 0 radical (unpaired) electrons. The van der Waals surface area contributed by atoms with Crippen LogP contribution in [-0.2, 0) is 29.8 Å². The van der Waals surface area contributed by atoms with Gasteiger partial charge in [0.05, 0.1) is 7.11 Å². The van der Waals surface area contributed by atoms with Gasteiger partial charge in [0.15, 0.2) is 5.78 Å². The second-order valence-electron chi connectivity index (χ2n) is 10.3. The smallest absolute Gasteiger partial charge is 0.321 e. The maximum absolute atomic E-state index is 13.4. The molecule has 0 spiro atoms. The molecule has 0 aliphatic rings. The number of nitrogens with zero attached hydrogens (tertiary/aromatic N) is 1. The van der Waals surface area contributed by atoms with Gasteiger partial charge in [-0.15, -0.1) is 17.9 Å². The Morgan fingerprint density at radius 1 is 1.08 bits per heavy atom. The largest absolute Gasteiger partial charge is 0.486 e. The number of Topliss-reactive ketones (excluding diaryl/α,β-unsaturated/α-hetero) is 1. The summed E-state index contributed by atoms with van der Waals surface area (Å²) in [6.07, 6.45) is 1.44.